The molecule has 0 aliphatic rings. The van der Waals surface area contributed by atoms with Gasteiger partial charge >= 0.3 is 0 Å². The number of ether oxygens (including phenoxy) is 1. The van der Waals surface area contributed by atoms with Gasteiger partial charge in [-0.25, -0.2) is 9.67 Å². The maximum Gasteiger partial charge on any atom is 0.222 e. The summed E-state index contributed by atoms with van der Waals surface area (Å²) in [6, 6.07) is 13.9. The number of thiophene rings is 1. The Morgan fingerprint density at radius 2 is 2.03 bits per heavy atom. The second kappa shape index (κ2) is 8.67. The van der Waals surface area contributed by atoms with Crippen molar-refractivity contribution in [3.63, 3.8) is 0 Å². The molecule has 0 bridgehead atoms. The quantitative estimate of drug-likeness (QED) is 0.478. The van der Waals surface area contributed by atoms with Crippen LogP contribution >= 0.6 is 11.3 Å². The summed E-state index contributed by atoms with van der Waals surface area (Å²) in [7, 11) is 1.66. The number of nitrogens with zero attached hydrogens (tertiary/aromatic N) is 3. The van der Waals surface area contributed by atoms with E-state index in [1.165, 1.54) is 0 Å². The van der Waals surface area contributed by atoms with E-state index in [4.69, 9.17) is 14.8 Å². The van der Waals surface area contributed by atoms with Crippen LogP contribution in [0.3, 0.4) is 0 Å². The Bertz CT molecular complexity index is 1180. The van der Waals surface area contributed by atoms with E-state index in [0.29, 0.717) is 19.5 Å². The molecule has 3 heterocycles. The Kier molecular flexibility index (Phi) is 5.81. The molecule has 154 valence electrons. The number of pyridine rings is 1. The molecule has 1 N–H and O–H groups in total. The molecule has 0 saturated carbocycles. The SMILES string of the molecule is COc1ccccc1-c1nn(CCC(=O)NCc2cccs2)c2nc(C)cc(C)c12. The first-order valence-corrected chi connectivity index (χ1v) is 10.7. The molecule has 0 fully saturated rings. The number of nitrogens with one attached hydrogen (secondary N) is 1. The summed E-state index contributed by atoms with van der Waals surface area (Å²) in [5.74, 6) is 0.757. The van der Waals surface area contributed by atoms with Crippen molar-refractivity contribution in [2.24, 2.45) is 0 Å². The summed E-state index contributed by atoms with van der Waals surface area (Å²) in [6.45, 7) is 5.05. The Hall–Kier alpha value is -3.19. The Labute approximate surface area is 179 Å². The van der Waals surface area contributed by atoms with Gasteiger partial charge in [0.15, 0.2) is 5.65 Å². The molecule has 30 heavy (non-hydrogen) atoms. The van der Waals surface area contributed by atoms with Crippen LogP contribution in [0.1, 0.15) is 22.6 Å². The minimum Gasteiger partial charge on any atom is -0.496 e. The van der Waals surface area contributed by atoms with Crippen LogP contribution in [-0.2, 0) is 17.9 Å². The average Bonchev–Trinajstić information content (AvgIpc) is 3.38. The summed E-state index contributed by atoms with van der Waals surface area (Å²) in [6.07, 6.45) is 0.336. The number of fused-ring (bicyclic) bond motifs is 1. The van der Waals surface area contributed by atoms with Crippen LogP contribution in [0.2, 0.25) is 0 Å². The van der Waals surface area contributed by atoms with Gasteiger partial charge < -0.3 is 10.1 Å². The van der Waals surface area contributed by atoms with Crippen molar-refractivity contribution in [3.8, 4) is 17.0 Å². The normalized spacial score (nSPS) is 11.0. The van der Waals surface area contributed by atoms with E-state index in [9.17, 15) is 4.79 Å². The van der Waals surface area contributed by atoms with E-state index in [2.05, 4.69) is 18.3 Å². The van der Waals surface area contributed by atoms with Gasteiger partial charge in [-0.15, -0.1) is 11.3 Å². The van der Waals surface area contributed by atoms with Gasteiger partial charge in [-0.05, 0) is 49.1 Å². The number of aromatic nitrogens is 3. The average molecular weight is 421 g/mol. The lowest BCUT2D eigenvalue weighted by Gasteiger charge is -2.06. The lowest BCUT2D eigenvalue weighted by molar-refractivity contribution is -0.121. The van der Waals surface area contributed by atoms with Crippen LogP contribution < -0.4 is 10.1 Å². The molecule has 0 aliphatic carbocycles. The third-order valence-corrected chi connectivity index (χ3v) is 5.86. The molecular weight excluding hydrogens is 396 g/mol. The van der Waals surface area contributed by atoms with Crippen molar-refractivity contribution in [1.29, 1.82) is 0 Å². The molecule has 0 unspecified atom stereocenters. The first-order chi connectivity index (χ1) is 14.6. The molecule has 0 spiro atoms. The maximum absolute atomic E-state index is 12.4. The number of hydrogen-bond acceptors (Lipinski definition) is 5. The van der Waals surface area contributed by atoms with Gasteiger partial charge in [0.05, 0.1) is 25.6 Å². The minimum atomic E-state index is -0.00438. The third kappa shape index (κ3) is 4.07. The molecule has 4 aromatic rings. The van der Waals surface area contributed by atoms with Crippen LogP contribution in [0.4, 0.5) is 0 Å². The standard InChI is InChI=1S/C23H24N4O2S/c1-15-13-16(2)25-23-21(15)22(18-8-4-5-9-19(18)29-3)26-27(23)11-10-20(28)24-14-17-7-6-12-30-17/h4-9,12-13H,10-11,14H2,1-3H3,(H,24,28). The number of para-hydroxylation sites is 1. The van der Waals surface area contributed by atoms with E-state index < -0.39 is 0 Å². The highest BCUT2D eigenvalue weighted by Gasteiger charge is 2.19. The molecule has 0 saturated heterocycles. The molecule has 0 aliphatic heterocycles. The van der Waals surface area contributed by atoms with Crippen molar-refractivity contribution in [2.45, 2.75) is 33.4 Å². The number of rotatable bonds is 7. The highest BCUT2D eigenvalue weighted by Crippen LogP contribution is 2.35. The Balaban J connectivity index is 1.64. The van der Waals surface area contributed by atoms with Crippen molar-refractivity contribution in [2.75, 3.05) is 7.11 Å². The van der Waals surface area contributed by atoms with Crippen molar-refractivity contribution in [3.05, 3.63) is 64.0 Å². The number of amides is 1. The van der Waals surface area contributed by atoms with Crippen LogP contribution in [0.25, 0.3) is 22.3 Å². The number of aryl methyl sites for hydroxylation is 3. The van der Waals surface area contributed by atoms with Crippen molar-refractivity contribution < 1.29 is 9.53 Å². The first kappa shape index (κ1) is 20.1. The molecule has 1 amide bonds. The summed E-state index contributed by atoms with van der Waals surface area (Å²) in [5, 5.41) is 10.8. The topological polar surface area (TPSA) is 69.0 Å². The predicted molar refractivity (Wildman–Crippen MR) is 120 cm³/mol. The number of benzene rings is 1. The lowest BCUT2D eigenvalue weighted by Crippen LogP contribution is -2.23. The number of hydrogen-bond donors (Lipinski definition) is 1. The van der Waals surface area contributed by atoms with Gasteiger partial charge in [-0.2, -0.15) is 5.10 Å². The van der Waals surface area contributed by atoms with Crippen LogP contribution in [0.15, 0.2) is 47.8 Å². The molecule has 0 atom stereocenters. The van der Waals surface area contributed by atoms with Gasteiger partial charge in [0.2, 0.25) is 5.91 Å². The van der Waals surface area contributed by atoms with Crippen LogP contribution in [0.5, 0.6) is 5.75 Å². The Morgan fingerprint density at radius 1 is 1.20 bits per heavy atom. The third-order valence-electron chi connectivity index (χ3n) is 4.98. The van der Waals surface area contributed by atoms with Gasteiger partial charge in [0, 0.05) is 22.6 Å². The summed E-state index contributed by atoms with van der Waals surface area (Å²) in [4.78, 5) is 18.2. The zero-order valence-corrected chi connectivity index (χ0v) is 18.1. The molecule has 0 radical (unpaired) electrons. The van der Waals surface area contributed by atoms with Gasteiger partial charge in [-0.1, -0.05) is 18.2 Å². The fourth-order valence-electron chi connectivity index (χ4n) is 3.59. The highest BCUT2D eigenvalue weighted by molar-refractivity contribution is 7.09. The van der Waals surface area contributed by atoms with Gasteiger partial charge in [0.25, 0.3) is 0 Å². The van der Waals surface area contributed by atoms with Crippen LogP contribution in [-0.4, -0.2) is 27.8 Å². The van der Waals surface area contributed by atoms with E-state index in [1.807, 2.05) is 53.4 Å². The zero-order valence-electron chi connectivity index (χ0n) is 17.3. The predicted octanol–water partition coefficient (Wildman–Crippen LogP) is 4.49. The van der Waals surface area contributed by atoms with Crippen molar-refractivity contribution in [1.82, 2.24) is 20.1 Å². The summed E-state index contributed by atoms with van der Waals surface area (Å²) in [5.41, 5.74) is 4.56. The maximum atomic E-state index is 12.4. The Morgan fingerprint density at radius 3 is 2.80 bits per heavy atom. The fourth-order valence-corrected chi connectivity index (χ4v) is 4.24. The van der Waals surface area contributed by atoms with Gasteiger partial charge in [-0.3, -0.25) is 4.79 Å². The second-order valence-corrected chi connectivity index (χ2v) is 8.19. The molecule has 1 aromatic carbocycles. The first-order valence-electron chi connectivity index (χ1n) is 9.84. The zero-order chi connectivity index (χ0) is 21.1. The molecule has 6 nitrogen and oxygen atoms in total. The summed E-state index contributed by atoms with van der Waals surface area (Å²) < 4.78 is 7.39. The molecule has 3 aromatic heterocycles. The fraction of sp³-hybridized carbons (Fsp3) is 0.261. The number of carbonyl (C=O) groups is 1. The van der Waals surface area contributed by atoms with E-state index in [-0.39, 0.29) is 5.91 Å². The minimum absolute atomic E-state index is 0.00438. The van der Waals surface area contributed by atoms with Crippen molar-refractivity contribution >= 4 is 28.3 Å². The van der Waals surface area contributed by atoms with Crippen LogP contribution in [0, 0.1) is 13.8 Å². The summed E-state index contributed by atoms with van der Waals surface area (Å²) >= 11 is 1.63. The highest BCUT2D eigenvalue weighted by atomic mass is 32.1. The monoisotopic (exact) mass is 420 g/mol. The van der Waals surface area contributed by atoms with E-state index in [1.54, 1.807) is 18.4 Å². The lowest BCUT2D eigenvalue weighted by atomic mass is 10.0. The van der Waals surface area contributed by atoms with E-state index in [0.717, 1.165) is 44.2 Å². The largest absolute Gasteiger partial charge is 0.496 e. The number of methoxy groups -OCH3 is 1. The smallest absolute Gasteiger partial charge is 0.222 e. The molecular formula is C23H24N4O2S. The molecule has 7 heteroatoms. The van der Waals surface area contributed by atoms with E-state index >= 15 is 0 Å². The second-order valence-electron chi connectivity index (χ2n) is 7.16. The number of carbonyl (C=O) groups excluding carboxylic acids is 1. The molecule has 4 rings (SSSR count). The van der Waals surface area contributed by atoms with Gasteiger partial charge in [0.1, 0.15) is 11.4 Å².